The van der Waals surface area contributed by atoms with Crippen molar-refractivity contribution in [2.24, 2.45) is 5.73 Å². The summed E-state index contributed by atoms with van der Waals surface area (Å²) < 4.78 is 0. The lowest BCUT2D eigenvalue weighted by atomic mass is 9.92. The van der Waals surface area contributed by atoms with Gasteiger partial charge in [0.25, 0.3) is 0 Å². The largest absolute Gasteiger partial charge is 0.328 e. The highest BCUT2D eigenvalue weighted by atomic mass is 14.9. The van der Waals surface area contributed by atoms with E-state index in [0.29, 0.717) is 12.1 Å². The van der Waals surface area contributed by atoms with Gasteiger partial charge in [0.2, 0.25) is 0 Å². The van der Waals surface area contributed by atoms with E-state index in [1.54, 1.807) is 0 Å². The molecule has 0 heterocycles. The van der Waals surface area contributed by atoms with Gasteiger partial charge in [-0.2, -0.15) is 0 Å². The minimum Gasteiger partial charge on any atom is -0.328 e. The SMILES string of the molecule is CNC1CCCC(N)C1. The first kappa shape index (κ1) is 7.03. The predicted molar refractivity (Wildman–Crippen MR) is 39.3 cm³/mol. The first-order valence-corrected chi connectivity index (χ1v) is 3.76. The summed E-state index contributed by atoms with van der Waals surface area (Å²) in [6.45, 7) is 0. The fraction of sp³-hybridized carbons (Fsp3) is 1.00. The van der Waals surface area contributed by atoms with Gasteiger partial charge < -0.3 is 11.1 Å². The van der Waals surface area contributed by atoms with Gasteiger partial charge in [0.1, 0.15) is 0 Å². The molecule has 0 amide bonds. The molecule has 0 aliphatic heterocycles. The molecule has 54 valence electrons. The van der Waals surface area contributed by atoms with Crippen LogP contribution >= 0.6 is 0 Å². The molecule has 1 rings (SSSR count). The van der Waals surface area contributed by atoms with Crippen molar-refractivity contribution >= 4 is 0 Å². The molecule has 0 aromatic heterocycles. The number of hydrogen-bond donors (Lipinski definition) is 2. The molecule has 2 unspecified atom stereocenters. The van der Waals surface area contributed by atoms with Gasteiger partial charge in [-0.1, -0.05) is 6.42 Å². The molecule has 0 aromatic rings. The molecular weight excluding hydrogens is 112 g/mol. The molecule has 0 saturated heterocycles. The standard InChI is InChI=1S/C7H16N2/c1-9-7-4-2-3-6(8)5-7/h6-7,9H,2-5,8H2,1H3. The Labute approximate surface area is 56.8 Å². The van der Waals surface area contributed by atoms with Gasteiger partial charge in [0.05, 0.1) is 0 Å². The summed E-state index contributed by atoms with van der Waals surface area (Å²) in [6.07, 6.45) is 4.99. The molecule has 2 atom stereocenters. The maximum Gasteiger partial charge on any atom is 0.00788 e. The van der Waals surface area contributed by atoms with E-state index in [1.807, 2.05) is 7.05 Å². The van der Waals surface area contributed by atoms with Crippen LogP contribution in [0.25, 0.3) is 0 Å². The van der Waals surface area contributed by atoms with Crippen LogP contribution in [-0.2, 0) is 0 Å². The summed E-state index contributed by atoms with van der Waals surface area (Å²) in [4.78, 5) is 0. The minimum absolute atomic E-state index is 0.455. The van der Waals surface area contributed by atoms with Gasteiger partial charge in [-0.15, -0.1) is 0 Å². The van der Waals surface area contributed by atoms with E-state index in [0.717, 1.165) is 6.42 Å². The molecule has 1 aliphatic rings. The van der Waals surface area contributed by atoms with E-state index in [1.165, 1.54) is 19.3 Å². The van der Waals surface area contributed by atoms with Crippen LogP contribution in [0.15, 0.2) is 0 Å². The molecule has 0 spiro atoms. The number of nitrogens with two attached hydrogens (primary N) is 1. The Morgan fingerprint density at radius 1 is 1.44 bits per heavy atom. The molecule has 2 nitrogen and oxygen atoms in total. The lowest BCUT2D eigenvalue weighted by Crippen LogP contribution is -2.37. The number of hydrogen-bond acceptors (Lipinski definition) is 2. The van der Waals surface area contributed by atoms with Crippen molar-refractivity contribution in [1.29, 1.82) is 0 Å². The highest BCUT2D eigenvalue weighted by molar-refractivity contribution is 4.78. The van der Waals surface area contributed by atoms with Crippen molar-refractivity contribution in [3.63, 3.8) is 0 Å². The van der Waals surface area contributed by atoms with E-state index in [-0.39, 0.29) is 0 Å². The van der Waals surface area contributed by atoms with E-state index in [2.05, 4.69) is 5.32 Å². The Bertz CT molecular complexity index is 83.0. The van der Waals surface area contributed by atoms with Crippen LogP contribution in [0.4, 0.5) is 0 Å². The van der Waals surface area contributed by atoms with Gasteiger partial charge in [0, 0.05) is 12.1 Å². The monoisotopic (exact) mass is 128 g/mol. The van der Waals surface area contributed by atoms with Gasteiger partial charge >= 0.3 is 0 Å². The third-order valence-electron chi connectivity index (χ3n) is 2.12. The highest BCUT2D eigenvalue weighted by Crippen LogP contribution is 2.15. The quantitative estimate of drug-likeness (QED) is 0.539. The third kappa shape index (κ3) is 1.95. The Balaban J connectivity index is 2.23. The zero-order chi connectivity index (χ0) is 6.69. The molecule has 1 saturated carbocycles. The maximum absolute atomic E-state index is 5.76. The predicted octanol–water partition coefficient (Wildman–Crippen LogP) is 0.476. The van der Waals surface area contributed by atoms with E-state index >= 15 is 0 Å². The number of nitrogens with one attached hydrogen (secondary N) is 1. The normalized spacial score (nSPS) is 36.7. The van der Waals surface area contributed by atoms with Crippen molar-refractivity contribution in [2.45, 2.75) is 37.8 Å². The first-order valence-electron chi connectivity index (χ1n) is 3.76. The lowest BCUT2D eigenvalue weighted by molar-refractivity contribution is 0.355. The summed E-state index contributed by atoms with van der Waals surface area (Å²) in [6, 6.07) is 1.14. The molecule has 0 aromatic carbocycles. The topological polar surface area (TPSA) is 38.0 Å². The van der Waals surface area contributed by atoms with Crippen LogP contribution < -0.4 is 11.1 Å². The molecular formula is C7H16N2. The summed E-state index contributed by atoms with van der Waals surface area (Å²) in [5, 5.41) is 3.25. The summed E-state index contributed by atoms with van der Waals surface area (Å²) in [5.74, 6) is 0. The average Bonchev–Trinajstić information content (AvgIpc) is 1.88. The van der Waals surface area contributed by atoms with Crippen molar-refractivity contribution in [1.82, 2.24) is 5.32 Å². The molecule has 0 radical (unpaired) electrons. The Morgan fingerprint density at radius 3 is 2.67 bits per heavy atom. The third-order valence-corrected chi connectivity index (χ3v) is 2.12. The van der Waals surface area contributed by atoms with Crippen LogP contribution in [0.5, 0.6) is 0 Å². The molecule has 1 fully saturated rings. The Kier molecular flexibility index (Phi) is 2.49. The zero-order valence-corrected chi connectivity index (χ0v) is 6.06. The van der Waals surface area contributed by atoms with Crippen molar-refractivity contribution in [3.05, 3.63) is 0 Å². The van der Waals surface area contributed by atoms with E-state index in [9.17, 15) is 0 Å². The Hall–Kier alpha value is -0.0800. The molecule has 2 heteroatoms. The summed E-state index contributed by atoms with van der Waals surface area (Å²) in [7, 11) is 2.02. The van der Waals surface area contributed by atoms with Crippen LogP contribution in [0, 0.1) is 0 Å². The first-order chi connectivity index (χ1) is 4.33. The molecule has 9 heavy (non-hydrogen) atoms. The van der Waals surface area contributed by atoms with Crippen LogP contribution in [0.3, 0.4) is 0 Å². The van der Waals surface area contributed by atoms with Crippen molar-refractivity contribution in [2.75, 3.05) is 7.05 Å². The fourth-order valence-electron chi connectivity index (χ4n) is 1.49. The second-order valence-corrected chi connectivity index (χ2v) is 2.91. The Morgan fingerprint density at radius 2 is 2.22 bits per heavy atom. The fourth-order valence-corrected chi connectivity index (χ4v) is 1.49. The smallest absolute Gasteiger partial charge is 0.00788 e. The molecule has 1 aliphatic carbocycles. The second kappa shape index (κ2) is 3.18. The summed E-state index contributed by atoms with van der Waals surface area (Å²) >= 11 is 0. The number of rotatable bonds is 1. The van der Waals surface area contributed by atoms with Gasteiger partial charge in [0.15, 0.2) is 0 Å². The van der Waals surface area contributed by atoms with Crippen molar-refractivity contribution < 1.29 is 0 Å². The van der Waals surface area contributed by atoms with E-state index < -0.39 is 0 Å². The van der Waals surface area contributed by atoms with Gasteiger partial charge in [-0.05, 0) is 26.3 Å². The highest BCUT2D eigenvalue weighted by Gasteiger charge is 2.16. The molecule has 3 N–H and O–H groups in total. The van der Waals surface area contributed by atoms with Crippen LogP contribution in [0.1, 0.15) is 25.7 Å². The minimum atomic E-state index is 0.455. The summed E-state index contributed by atoms with van der Waals surface area (Å²) in [5.41, 5.74) is 5.76. The van der Waals surface area contributed by atoms with Gasteiger partial charge in [-0.3, -0.25) is 0 Å². The van der Waals surface area contributed by atoms with Gasteiger partial charge in [-0.25, -0.2) is 0 Å². The average molecular weight is 128 g/mol. The zero-order valence-electron chi connectivity index (χ0n) is 6.06. The van der Waals surface area contributed by atoms with Crippen LogP contribution in [0.2, 0.25) is 0 Å². The lowest BCUT2D eigenvalue weighted by Gasteiger charge is -2.25. The van der Waals surface area contributed by atoms with Crippen LogP contribution in [-0.4, -0.2) is 19.1 Å². The molecule has 0 bridgehead atoms. The second-order valence-electron chi connectivity index (χ2n) is 2.91. The van der Waals surface area contributed by atoms with Crippen molar-refractivity contribution in [3.8, 4) is 0 Å². The maximum atomic E-state index is 5.76. The van der Waals surface area contributed by atoms with E-state index in [4.69, 9.17) is 5.73 Å².